The second-order valence-corrected chi connectivity index (χ2v) is 28.1. The molecule has 0 aromatic carbocycles. The molecule has 0 spiro atoms. The molecule has 0 saturated heterocycles. The summed E-state index contributed by atoms with van der Waals surface area (Å²) < 4.78 is 6.11. The van der Waals surface area contributed by atoms with Crippen molar-refractivity contribution in [2.75, 3.05) is 0 Å². The van der Waals surface area contributed by atoms with Gasteiger partial charge in [0.15, 0.2) is 8.24 Å². The maximum atomic E-state index is 13.3. The van der Waals surface area contributed by atoms with Crippen LogP contribution in [0.2, 0.25) is 54.4 Å². The first-order chi connectivity index (χ1) is 12.8. The molecule has 0 rings (SSSR count). The van der Waals surface area contributed by atoms with Gasteiger partial charge in [0.25, 0.3) is 8.32 Å². The Morgan fingerprint density at radius 1 is 0.733 bits per heavy atom. The Balaban J connectivity index is 5.76. The number of carbonyl (C=O) groups excluding carboxylic acids is 2. The zero-order chi connectivity index (χ0) is 24.6. The second kappa shape index (κ2) is 9.19. The molecule has 0 fully saturated rings. The monoisotopic (exact) mass is 474 g/mol. The predicted molar refractivity (Wildman–Crippen MR) is 137 cm³/mol. The molecule has 0 bridgehead atoms. The van der Waals surface area contributed by atoms with Gasteiger partial charge in [0, 0.05) is 0 Å². The van der Waals surface area contributed by atoms with E-state index in [0.717, 1.165) is 0 Å². The van der Waals surface area contributed by atoms with Crippen molar-refractivity contribution in [3.05, 3.63) is 0 Å². The molecule has 0 saturated carbocycles. The van der Waals surface area contributed by atoms with Crippen molar-refractivity contribution < 1.29 is 14.0 Å². The predicted octanol–water partition coefficient (Wildman–Crippen LogP) is 6.01. The van der Waals surface area contributed by atoms with Crippen molar-refractivity contribution in [2.24, 2.45) is 0 Å². The van der Waals surface area contributed by atoms with Crippen LogP contribution in [0.4, 0.5) is 0 Å². The molecule has 2 N–H and O–H groups in total. The highest BCUT2D eigenvalue weighted by Crippen LogP contribution is 2.38. The zero-order valence-electron chi connectivity index (χ0n) is 22.5. The average molecular weight is 475 g/mol. The Kier molecular flexibility index (Phi) is 9.06. The van der Waals surface area contributed by atoms with Crippen LogP contribution in [-0.4, -0.2) is 42.7 Å². The van der Waals surface area contributed by atoms with Gasteiger partial charge in [0.05, 0.1) is 6.42 Å². The Morgan fingerprint density at radius 3 is 1.47 bits per heavy atom. The van der Waals surface area contributed by atoms with E-state index in [0.29, 0.717) is 0 Å². The first kappa shape index (κ1) is 29.6. The molecular weight excluding hydrogens is 425 g/mol. The van der Waals surface area contributed by atoms with E-state index in [1.54, 1.807) is 0 Å². The van der Waals surface area contributed by atoms with Crippen LogP contribution in [0, 0.1) is 0 Å². The fourth-order valence-electron chi connectivity index (χ4n) is 2.09. The maximum absolute atomic E-state index is 13.3. The summed E-state index contributed by atoms with van der Waals surface area (Å²) in [7, 11) is -6.30. The number of hydrogen-bond acceptors (Lipinski definition) is 4. The van der Waals surface area contributed by atoms with Crippen LogP contribution in [0.5, 0.6) is 0 Å². The summed E-state index contributed by atoms with van der Waals surface area (Å²) in [5.74, 6) is -0.346. The van der Waals surface area contributed by atoms with Crippen molar-refractivity contribution in [3.63, 3.8) is 0 Å². The van der Waals surface area contributed by atoms with Gasteiger partial charge in [-0.15, -0.1) is 0 Å². The van der Waals surface area contributed by atoms with E-state index >= 15 is 0 Å². The lowest BCUT2D eigenvalue weighted by Gasteiger charge is -2.42. The van der Waals surface area contributed by atoms with Gasteiger partial charge < -0.3 is 14.4 Å². The molecule has 0 unspecified atom stereocenters. The fraction of sp³-hybridized carbons (Fsp3) is 0.909. The third-order valence-electron chi connectivity index (χ3n) is 7.57. The van der Waals surface area contributed by atoms with Crippen LogP contribution in [0.15, 0.2) is 0 Å². The van der Waals surface area contributed by atoms with Gasteiger partial charge in [0.2, 0.25) is 5.91 Å². The summed E-state index contributed by atoms with van der Waals surface area (Å²) in [5, 5.41) is -0.00133. The van der Waals surface area contributed by atoms with Crippen molar-refractivity contribution in [2.45, 2.75) is 129 Å². The van der Waals surface area contributed by atoms with Gasteiger partial charge in [-0.05, 0) is 28.2 Å². The van der Waals surface area contributed by atoms with E-state index in [9.17, 15) is 9.59 Å². The van der Waals surface area contributed by atoms with Gasteiger partial charge in [-0.25, -0.2) is 0 Å². The number of nitrogens with one attached hydrogen (secondary N) is 2. The lowest BCUT2D eigenvalue weighted by Crippen LogP contribution is -2.62. The van der Waals surface area contributed by atoms with E-state index in [1.807, 2.05) is 0 Å². The smallest absolute Gasteiger partial charge is 0.309 e. The molecule has 0 aromatic rings. The van der Waals surface area contributed by atoms with E-state index in [-0.39, 0.29) is 33.4 Å². The molecule has 0 radical (unpaired) electrons. The third-order valence-corrected chi connectivity index (χ3v) is 21.4. The van der Waals surface area contributed by atoms with Crippen LogP contribution in [-0.2, 0) is 14.0 Å². The minimum Gasteiger partial charge on any atom is -0.518 e. The Morgan fingerprint density at radius 2 is 1.13 bits per heavy atom. The Bertz CT molecular complexity index is 625. The molecule has 0 aliphatic rings. The highest BCUT2D eigenvalue weighted by atomic mass is 28.4. The molecular formula is C22H50N2O3Si3. The van der Waals surface area contributed by atoms with Gasteiger partial charge in [-0.3, -0.25) is 9.59 Å². The van der Waals surface area contributed by atoms with Gasteiger partial charge in [-0.1, -0.05) is 88.5 Å². The van der Waals surface area contributed by atoms with Crippen LogP contribution >= 0.6 is 0 Å². The Labute approximate surface area is 189 Å². The first-order valence-corrected chi connectivity index (χ1v) is 20.1. The van der Waals surface area contributed by atoms with E-state index in [2.05, 4.69) is 112 Å². The molecule has 0 aromatic heterocycles. The fourth-order valence-corrected chi connectivity index (χ4v) is 5.74. The number of amides is 1. The minimum atomic E-state index is -2.28. The maximum Gasteiger partial charge on any atom is 0.309 e. The average Bonchev–Trinajstić information content (AvgIpc) is 2.41. The highest BCUT2D eigenvalue weighted by Gasteiger charge is 2.45. The molecule has 8 heteroatoms. The lowest BCUT2D eigenvalue weighted by atomic mass is 10.2. The highest BCUT2D eigenvalue weighted by molar-refractivity contribution is 6.80. The van der Waals surface area contributed by atoms with Crippen LogP contribution in [0.1, 0.15) is 68.7 Å². The SMILES string of the molecule is CC(C)(C)[Si](C)(C)NC(=O)C[C@H](N[Si](C)(C)C(C)(C)C)C(=O)O[Si](C)(C)C(C)(C)C. The Hall–Kier alpha value is -0.449. The van der Waals surface area contributed by atoms with E-state index in [1.165, 1.54) is 0 Å². The molecule has 178 valence electrons. The number of carbonyl (C=O) groups is 2. The molecule has 0 aliphatic carbocycles. The molecule has 30 heavy (non-hydrogen) atoms. The summed E-state index contributed by atoms with van der Waals surface area (Å²) in [6.07, 6.45) is 0.118. The van der Waals surface area contributed by atoms with Crippen molar-refractivity contribution >= 4 is 36.7 Å². The largest absolute Gasteiger partial charge is 0.518 e. The zero-order valence-corrected chi connectivity index (χ0v) is 25.5. The summed E-state index contributed by atoms with van der Waals surface area (Å²) in [5.41, 5.74) is 0. The van der Waals surface area contributed by atoms with Crippen molar-refractivity contribution in [3.8, 4) is 0 Å². The lowest BCUT2D eigenvalue weighted by molar-refractivity contribution is -0.139. The molecule has 0 aliphatic heterocycles. The van der Waals surface area contributed by atoms with E-state index in [4.69, 9.17) is 4.43 Å². The van der Waals surface area contributed by atoms with E-state index < -0.39 is 30.8 Å². The quantitative estimate of drug-likeness (QED) is 0.443. The van der Waals surface area contributed by atoms with Crippen molar-refractivity contribution in [1.82, 2.24) is 9.96 Å². The summed E-state index contributed by atoms with van der Waals surface area (Å²) >= 11 is 0. The van der Waals surface area contributed by atoms with Gasteiger partial charge in [-0.2, -0.15) is 0 Å². The topological polar surface area (TPSA) is 67.4 Å². The van der Waals surface area contributed by atoms with Crippen molar-refractivity contribution in [1.29, 1.82) is 0 Å². The molecule has 5 nitrogen and oxygen atoms in total. The van der Waals surface area contributed by atoms with Gasteiger partial charge in [0.1, 0.15) is 14.3 Å². The second-order valence-electron chi connectivity index (χ2n) is 13.4. The molecule has 1 atom stereocenters. The van der Waals surface area contributed by atoms with Crippen LogP contribution in [0.25, 0.3) is 0 Å². The van der Waals surface area contributed by atoms with Crippen LogP contribution in [0.3, 0.4) is 0 Å². The standard InChI is InChI=1S/C22H50N2O3Si3/c1-20(2,3)28(10,11)23-17(19(26)27-30(14,15)22(7,8)9)16-18(25)24-29(12,13)21(4,5)6/h17,23H,16H2,1-15H3,(H,24,25)/t17-/m0/s1. The van der Waals surface area contributed by atoms with Crippen LogP contribution < -0.4 is 9.96 Å². The molecule has 0 heterocycles. The first-order valence-electron chi connectivity index (χ1n) is 11.2. The summed E-state index contributed by atoms with van der Waals surface area (Å²) in [4.78, 5) is 33.2. The normalized spacial score (nSPS) is 15.6. The summed E-state index contributed by atoms with van der Waals surface area (Å²) in [6, 6.07) is -0.621. The minimum absolute atomic E-state index is 0.0344. The molecule has 1 amide bonds. The third kappa shape index (κ3) is 7.91. The number of rotatable bonds is 7. The number of hydrogen-bond donors (Lipinski definition) is 2. The summed E-state index contributed by atoms with van der Waals surface area (Å²) in [6.45, 7) is 32.3. The van der Waals surface area contributed by atoms with Gasteiger partial charge >= 0.3 is 5.97 Å².